The fourth-order valence-corrected chi connectivity index (χ4v) is 5.55. The van der Waals surface area contributed by atoms with Crippen LogP contribution in [0.4, 0.5) is 0 Å². The van der Waals surface area contributed by atoms with Gasteiger partial charge in [-0.25, -0.2) is 0 Å². The fourth-order valence-electron chi connectivity index (χ4n) is 5.55. The second-order valence-corrected chi connectivity index (χ2v) is 9.86. The number of primary amides is 1. The SMILES string of the molecule is Cc1ccc(C(=O)N2CCN([C@@H]3CCCC[C@H]3C(=O)N[C@H](C(N)=O)c3ccccc3)CC2)c(C)c1. The van der Waals surface area contributed by atoms with Crippen LogP contribution >= 0.6 is 0 Å². The first kappa shape index (κ1) is 24.9. The van der Waals surface area contributed by atoms with Crippen molar-refractivity contribution in [2.75, 3.05) is 26.2 Å². The van der Waals surface area contributed by atoms with E-state index in [4.69, 9.17) is 5.73 Å². The summed E-state index contributed by atoms with van der Waals surface area (Å²) >= 11 is 0. The van der Waals surface area contributed by atoms with Crippen LogP contribution in [0.1, 0.15) is 58.8 Å². The lowest BCUT2D eigenvalue weighted by molar-refractivity contribution is -0.133. The molecular weight excluding hydrogens is 440 g/mol. The summed E-state index contributed by atoms with van der Waals surface area (Å²) in [7, 11) is 0. The molecule has 1 saturated carbocycles. The number of piperazine rings is 1. The van der Waals surface area contributed by atoms with Crippen molar-refractivity contribution in [2.45, 2.75) is 51.6 Å². The van der Waals surface area contributed by atoms with Gasteiger partial charge in [-0.2, -0.15) is 0 Å². The molecule has 2 aromatic rings. The molecule has 0 aromatic heterocycles. The van der Waals surface area contributed by atoms with E-state index in [-0.39, 0.29) is 23.8 Å². The molecule has 0 unspecified atom stereocenters. The summed E-state index contributed by atoms with van der Waals surface area (Å²) in [5.41, 5.74) is 9.24. The van der Waals surface area contributed by atoms with E-state index in [1.54, 1.807) is 12.1 Å². The lowest BCUT2D eigenvalue weighted by Crippen LogP contribution is -2.56. The van der Waals surface area contributed by atoms with E-state index in [2.05, 4.69) is 10.2 Å². The number of carbonyl (C=O) groups is 3. The average molecular weight is 477 g/mol. The minimum Gasteiger partial charge on any atom is -0.368 e. The van der Waals surface area contributed by atoms with Crippen LogP contribution < -0.4 is 11.1 Å². The van der Waals surface area contributed by atoms with E-state index < -0.39 is 11.9 Å². The number of amides is 3. The largest absolute Gasteiger partial charge is 0.368 e. The summed E-state index contributed by atoms with van der Waals surface area (Å²) in [4.78, 5) is 42.9. The monoisotopic (exact) mass is 476 g/mol. The number of hydrogen-bond acceptors (Lipinski definition) is 4. The lowest BCUT2D eigenvalue weighted by atomic mass is 9.82. The van der Waals surface area contributed by atoms with E-state index in [0.717, 1.165) is 55.5 Å². The van der Waals surface area contributed by atoms with E-state index >= 15 is 0 Å². The Kier molecular flexibility index (Phi) is 7.86. The third-order valence-corrected chi connectivity index (χ3v) is 7.45. The molecule has 0 radical (unpaired) electrons. The molecule has 7 nitrogen and oxygen atoms in total. The summed E-state index contributed by atoms with van der Waals surface area (Å²) in [5.74, 6) is -0.797. The van der Waals surface area contributed by atoms with Gasteiger partial charge < -0.3 is 16.0 Å². The molecule has 2 aliphatic rings. The van der Waals surface area contributed by atoms with E-state index in [1.807, 2.05) is 55.1 Å². The highest BCUT2D eigenvalue weighted by molar-refractivity contribution is 5.95. The number of carbonyl (C=O) groups excluding carboxylic acids is 3. The number of nitrogens with one attached hydrogen (secondary N) is 1. The highest BCUT2D eigenvalue weighted by atomic mass is 16.2. The van der Waals surface area contributed by atoms with Crippen LogP contribution in [0.2, 0.25) is 0 Å². The molecule has 1 saturated heterocycles. The molecule has 186 valence electrons. The van der Waals surface area contributed by atoms with Crippen LogP contribution in [0, 0.1) is 19.8 Å². The number of hydrogen-bond donors (Lipinski definition) is 2. The third-order valence-electron chi connectivity index (χ3n) is 7.45. The van der Waals surface area contributed by atoms with Crippen molar-refractivity contribution in [1.82, 2.24) is 15.1 Å². The number of benzene rings is 2. The maximum absolute atomic E-state index is 13.4. The van der Waals surface area contributed by atoms with Gasteiger partial charge in [0, 0.05) is 37.8 Å². The predicted molar refractivity (Wildman–Crippen MR) is 136 cm³/mol. The van der Waals surface area contributed by atoms with E-state index in [0.29, 0.717) is 18.7 Å². The Morgan fingerprint density at radius 3 is 2.29 bits per heavy atom. The molecule has 2 fully saturated rings. The van der Waals surface area contributed by atoms with Crippen LogP contribution in [0.15, 0.2) is 48.5 Å². The molecule has 7 heteroatoms. The van der Waals surface area contributed by atoms with Crippen LogP contribution in [-0.2, 0) is 9.59 Å². The zero-order valence-electron chi connectivity index (χ0n) is 20.7. The van der Waals surface area contributed by atoms with Crippen LogP contribution in [0.25, 0.3) is 0 Å². The molecule has 3 atom stereocenters. The highest BCUT2D eigenvalue weighted by Crippen LogP contribution is 2.30. The van der Waals surface area contributed by atoms with Gasteiger partial charge in [0.25, 0.3) is 5.91 Å². The Hall–Kier alpha value is -3.19. The predicted octanol–water partition coefficient (Wildman–Crippen LogP) is 2.96. The Balaban J connectivity index is 1.40. The van der Waals surface area contributed by atoms with E-state index in [1.165, 1.54) is 0 Å². The topological polar surface area (TPSA) is 95.7 Å². The molecule has 0 bridgehead atoms. The second kappa shape index (κ2) is 11.0. The van der Waals surface area contributed by atoms with Gasteiger partial charge in [-0.1, -0.05) is 60.9 Å². The van der Waals surface area contributed by atoms with Crippen molar-refractivity contribution in [3.63, 3.8) is 0 Å². The highest BCUT2D eigenvalue weighted by Gasteiger charge is 2.38. The van der Waals surface area contributed by atoms with Gasteiger partial charge in [0.15, 0.2) is 0 Å². The van der Waals surface area contributed by atoms with Gasteiger partial charge in [0.1, 0.15) is 6.04 Å². The third kappa shape index (κ3) is 5.73. The molecule has 0 spiro atoms. The lowest BCUT2D eigenvalue weighted by Gasteiger charge is -2.44. The smallest absolute Gasteiger partial charge is 0.254 e. The van der Waals surface area contributed by atoms with Crippen LogP contribution in [0.3, 0.4) is 0 Å². The minimum absolute atomic E-state index is 0.0762. The van der Waals surface area contributed by atoms with Crippen LogP contribution in [-0.4, -0.2) is 59.7 Å². The Bertz CT molecular complexity index is 1060. The minimum atomic E-state index is -0.835. The number of nitrogens with zero attached hydrogens (tertiary/aromatic N) is 2. The first-order valence-corrected chi connectivity index (χ1v) is 12.6. The van der Waals surface area contributed by atoms with Gasteiger partial charge in [0.2, 0.25) is 11.8 Å². The molecule has 3 amide bonds. The molecule has 2 aromatic carbocycles. The Labute approximate surface area is 207 Å². The van der Waals surface area contributed by atoms with Crippen molar-refractivity contribution in [3.05, 3.63) is 70.8 Å². The zero-order chi connectivity index (χ0) is 24.9. The van der Waals surface area contributed by atoms with Crippen molar-refractivity contribution in [1.29, 1.82) is 0 Å². The Morgan fingerprint density at radius 1 is 0.943 bits per heavy atom. The first-order chi connectivity index (χ1) is 16.8. The summed E-state index contributed by atoms with van der Waals surface area (Å²) in [5, 5.41) is 2.93. The zero-order valence-corrected chi connectivity index (χ0v) is 20.7. The molecular formula is C28H36N4O3. The summed E-state index contributed by atoms with van der Waals surface area (Å²) < 4.78 is 0. The number of aryl methyl sites for hydroxylation is 2. The number of nitrogens with two attached hydrogens (primary N) is 1. The maximum atomic E-state index is 13.4. The van der Waals surface area contributed by atoms with E-state index in [9.17, 15) is 14.4 Å². The van der Waals surface area contributed by atoms with Crippen molar-refractivity contribution in [2.24, 2.45) is 11.7 Å². The van der Waals surface area contributed by atoms with Crippen molar-refractivity contribution >= 4 is 17.7 Å². The Morgan fingerprint density at radius 2 is 1.63 bits per heavy atom. The maximum Gasteiger partial charge on any atom is 0.254 e. The van der Waals surface area contributed by atoms with Crippen LogP contribution in [0.5, 0.6) is 0 Å². The summed E-state index contributed by atoms with van der Waals surface area (Å²) in [6, 6.07) is 14.4. The molecule has 35 heavy (non-hydrogen) atoms. The fraction of sp³-hybridized carbons (Fsp3) is 0.464. The standard InChI is InChI=1S/C28H36N4O3/c1-19-12-13-22(20(2)18-19)28(35)32-16-14-31(15-17-32)24-11-7-6-10-23(24)27(34)30-25(26(29)33)21-8-4-3-5-9-21/h3-5,8-9,12-13,18,23-25H,6-7,10-11,14-17H2,1-2H3,(H2,29,33)(H,30,34)/t23-,24-,25+/m1/s1. The average Bonchev–Trinajstić information content (AvgIpc) is 2.87. The normalized spacial score (nSPS) is 21.8. The second-order valence-electron chi connectivity index (χ2n) is 9.86. The van der Waals surface area contributed by atoms with Crippen molar-refractivity contribution in [3.8, 4) is 0 Å². The quantitative estimate of drug-likeness (QED) is 0.670. The summed E-state index contributed by atoms with van der Waals surface area (Å²) in [6.07, 6.45) is 3.80. The summed E-state index contributed by atoms with van der Waals surface area (Å²) in [6.45, 7) is 6.78. The molecule has 1 aliphatic heterocycles. The van der Waals surface area contributed by atoms with Gasteiger partial charge >= 0.3 is 0 Å². The number of rotatable bonds is 6. The molecule has 3 N–H and O–H groups in total. The molecule has 1 aliphatic carbocycles. The molecule has 1 heterocycles. The van der Waals surface area contributed by atoms with Crippen molar-refractivity contribution < 1.29 is 14.4 Å². The van der Waals surface area contributed by atoms with Gasteiger partial charge in [-0.3, -0.25) is 19.3 Å². The van der Waals surface area contributed by atoms with Gasteiger partial charge in [-0.15, -0.1) is 0 Å². The first-order valence-electron chi connectivity index (χ1n) is 12.6. The van der Waals surface area contributed by atoms with Gasteiger partial charge in [0.05, 0.1) is 5.92 Å². The van der Waals surface area contributed by atoms with Gasteiger partial charge in [-0.05, 0) is 43.9 Å². The molecule has 4 rings (SSSR count).